The van der Waals surface area contributed by atoms with Gasteiger partial charge >= 0.3 is 12.1 Å². The maximum Gasteiger partial charge on any atom is 0.490 e. The number of halogens is 4. The van der Waals surface area contributed by atoms with Crippen molar-refractivity contribution in [3.8, 4) is 28.7 Å². The van der Waals surface area contributed by atoms with Crippen LogP contribution in [-0.2, 0) is 11.4 Å². The third-order valence-electron chi connectivity index (χ3n) is 5.92. The summed E-state index contributed by atoms with van der Waals surface area (Å²) in [5.41, 5.74) is 9.79. The van der Waals surface area contributed by atoms with E-state index in [1.54, 1.807) is 12.1 Å². The van der Waals surface area contributed by atoms with Gasteiger partial charge in [-0.2, -0.15) is 13.2 Å². The number of aliphatic carboxylic acids is 1. The average Bonchev–Trinajstić information content (AvgIpc) is 3.65. The van der Waals surface area contributed by atoms with Crippen LogP contribution in [0.3, 0.4) is 0 Å². The predicted molar refractivity (Wildman–Crippen MR) is 156 cm³/mol. The number of carbonyl (C=O) groups is 2. The van der Waals surface area contributed by atoms with Gasteiger partial charge in [0.2, 0.25) is 11.8 Å². The van der Waals surface area contributed by atoms with Gasteiger partial charge in [-0.05, 0) is 54.3 Å². The van der Waals surface area contributed by atoms with Gasteiger partial charge in [-0.15, -0.1) is 21.5 Å². The normalized spacial score (nSPS) is 11.1. The highest BCUT2D eigenvalue weighted by atomic mass is 35.5. The van der Waals surface area contributed by atoms with Crippen LogP contribution in [0.1, 0.15) is 21.5 Å². The summed E-state index contributed by atoms with van der Waals surface area (Å²) in [6.45, 7) is 2.17. The fourth-order valence-corrected chi connectivity index (χ4v) is 4.95. The first kappa shape index (κ1) is 32.2. The second-order valence-corrected chi connectivity index (χ2v) is 10.3. The Morgan fingerprint density at radius 3 is 2.39 bits per heavy atom. The SMILES string of the molecule is Cc1ccc(-c2nnc(-c3ccc(Cl)cc3)o2)cc1OCc1csc2c(C(=O)NCCO)cnc(N)c12.O=C(O)C(F)(F)F. The number of aliphatic hydroxyl groups excluding tert-OH is 1. The minimum Gasteiger partial charge on any atom is -0.489 e. The van der Waals surface area contributed by atoms with Crippen molar-refractivity contribution in [3.63, 3.8) is 0 Å². The first-order chi connectivity index (χ1) is 20.9. The molecule has 0 atom stereocenters. The summed E-state index contributed by atoms with van der Waals surface area (Å²) in [5.74, 6) is -1.36. The zero-order valence-corrected chi connectivity index (χ0v) is 24.3. The molecule has 16 heteroatoms. The summed E-state index contributed by atoms with van der Waals surface area (Å²) in [5, 5.41) is 30.3. The summed E-state index contributed by atoms with van der Waals surface area (Å²) in [6, 6.07) is 12.8. The number of alkyl halides is 3. The minimum absolute atomic E-state index is 0.148. The van der Waals surface area contributed by atoms with E-state index in [1.165, 1.54) is 17.5 Å². The van der Waals surface area contributed by atoms with Crippen LogP contribution in [0.4, 0.5) is 19.0 Å². The summed E-state index contributed by atoms with van der Waals surface area (Å²) >= 11 is 7.36. The van der Waals surface area contributed by atoms with Crippen molar-refractivity contribution in [2.24, 2.45) is 0 Å². The number of rotatable bonds is 8. The Morgan fingerprint density at radius 2 is 1.75 bits per heavy atom. The van der Waals surface area contributed by atoms with Gasteiger partial charge in [0.1, 0.15) is 18.2 Å². The lowest BCUT2D eigenvalue weighted by molar-refractivity contribution is -0.192. The number of nitrogen functional groups attached to an aromatic ring is 1. The molecule has 0 aliphatic rings. The van der Waals surface area contributed by atoms with Crippen LogP contribution in [-0.4, -0.2) is 56.6 Å². The molecule has 0 saturated carbocycles. The molecule has 44 heavy (non-hydrogen) atoms. The summed E-state index contributed by atoms with van der Waals surface area (Å²) in [6.07, 6.45) is -3.64. The number of aromatic nitrogens is 3. The lowest BCUT2D eigenvalue weighted by atomic mass is 10.1. The van der Waals surface area contributed by atoms with E-state index in [0.29, 0.717) is 49.6 Å². The smallest absolute Gasteiger partial charge is 0.489 e. The Hall–Kier alpha value is -4.73. The number of thiophene rings is 1. The topological polar surface area (TPSA) is 174 Å². The van der Waals surface area contributed by atoms with E-state index in [9.17, 15) is 18.0 Å². The number of hydrogen-bond acceptors (Lipinski definition) is 10. The van der Waals surface area contributed by atoms with Crippen LogP contribution in [0.15, 0.2) is 58.5 Å². The third kappa shape index (κ3) is 7.61. The molecule has 1 amide bonds. The predicted octanol–water partition coefficient (Wildman–Crippen LogP) is 5.49. The molecule has 11 nitrogen and oxygen atoms in total. The molecule has 5 aromatic rings. The number of carbonyl (C=O) groups excluding carboxylic acids is 1. The number of aliphatic hydroxyl groups is 1. The highest BCUT2D eigenvalue weighted by molar-refractivity contribution is 7.17. The van der Waals surface area contributed by atoms with E-state index in [1.807, 2.05) is 42.6 Å². The fourth-order valence-electron chi connectivity index (χ4n) is 3.76. The Labute approximate surface area is 256 Å². The monoisotopic (exact) mass is 649 g/mol. The molecule has 0 radical (unpaired) electrons. The molecule has 0 unspecified atom stereocenters. The van der Waals surface area contributed by atoms with E-state index in [2.05, 4.69) is 20.5 Å². The molecule has 2 aromatic carbocycles. The van der Waals surface area contributed by atoms with Crippen LogP contribution in [0.25, 0.3) is 33.0 Å². The van der Waals surface area contributed by atoms with Gasteiger partial charge in [-0.25, -0.2) is 9.78 Å². The second kappa shape index (κ2) is 13.7. The maximum atomic E-state index is 12.5. The van der Waals surface area contributed by atoms with Crippen molar-refractivity contribution >= 4 is 50.7 Å². The Bertz CT molecular complexity index is 1790. The number of nitrogens with one attached hydrogen (secondary N) is 1. The van der Waals surface area contributed by atoms with E-state index in [0.717, 1.165) is 16.7 Å². The maximum absolute atomic E-state index is 12.5. The van der Waals surface area contributed by atoms with Crippen LogP contribution in [0.2, 0.25) is 5.02 Å². The standard InChI is InChI=1S/C26H22ClN5O4S.C2HF3O2/c1-14-2-3-16(26-32-31-25(36-26)15-4-6-18(27)7-5-15)10-20(14)35-12-17-13-37-22-19(24(34)29-8-9-33)11-30-23(28)21(17)22;3-2(4,5)1(6)7/h2-7,10-11,13,33H,8-9,12H2,1H3,(H2,28,30)(H,29,34);(H,6,7). The molecule has 0 aliphatic carbocycles. The third-order valence-corrected chi connectivity index (χ3v) is 7.23. The van der Waals surface area contributed by atoms with Crippen LogP contribution < -0.4 is 15.8 Å². The number of amides is 1. The van der Waals surface area contributed by atoms with Gasteiger partial charge in [0.25, 0.3) is 5.91 Å². The second-order valence-electron chi connectivity index (χ2n) is 8.99. The highest BCUT2D eigenvalue weighted by Gasteiger charge is 2.38. The molecule has 3 heterocycles. The lowest BCUT2D eigenvalue weighted by Crippen LogP contribution is -2.26. The van der Waals surface area contributed by atoms with Crippen molar-refractivity contribution < 1.29 is 42.1 Å². The summed E-state index contributed by atoms with van der Waals surface area (Å²) in [7, 11) is 0. The number of nitrogens with two attached hydrogens (primary N) is 1. The first-order valence-electron chi connectivity index (χ1n) is 12.6. The summed E-state index contributed by atoms with van der Waals surface area (Å²) < 4.78 is 44.5. The van der Waals surface area contributed by atoms with Crippen LogP contribution >= 0.6 is 22.9 Å². The molecule has 0 spiro atoms. The quantitative estimate of drug-likeness (QED) is 0.168. The fraction of sp³-hybridized carbons (Fsp3) is 0.179. The number of hydrogen-bond donors (Lipinski definition) is 4. The van der Waals surface area contributed by atoms with Crippen molar-refractivity contribution in [2.45, 2.75) is 19.7 Å². The molecule has 5 N–H and O–H groups in total. The molecule has 0 fully saturated rings. The number of aryl methyl sites for hydroxylation is 1. The van der Waals surface area contributed by atoms with Crippen LogP contribution in [0, 0.1) is 6.92 Å². The molecule has 230 valence electrons. The number of nitrogens with zero attached hydrogens (tertiary/aromatic N) is 3. The first-order valence-corrected chi connectivity index (χ1v) is 13.8. The van der Waals surface area contributed by atoms with Gasteiger partial charge in [-0.1, -0.05) is 17.7 Å². The molecule has 0 saturated heterocycles. The van der Waals surface area contributed by atoms with Crippen molar-refractivity contribution in [1.29, 1.82) is 0 Å². The summed E-state index contributed by atoms with van der Waals surface area (Å²) in [4.78, 5) is 25.6. The number of benzene rings is 2. The number of ether oxygens (including phenoxy) is 1. The largest absolute Gasteiger partial charge is 0.490 e. The molecule has 5 rings (SSSR count). The highest BCUT2D eigenvalue weighted by Crippen LogP contribution is 2.34. The molecule has 0 aliphatic heterocycles. The number of carboxylic acids is 1. The van der Waals surface area contributed by atoms with E-state index in [4.69, 9.17) is 41.5 Å². The van der Waals surface area contributed by atoms with Gasteiger partial charge in [0.05, 0.1) is 16.9 Å². The Morgan fingerprint density at radius 1 is 1.11 bits per heavy atom. The van der Waals surface area contributed by atoms with E-state index < -0.39 is 12.1 Å². The zero-order chi connectivity index (χ0) is 32.0. The molecule has 0 bridgehead atoms. The number of fused-ring (bicyclic) bond motifs is 1. The minimum atomic E-state index is -5.08. The van der Waals surface area contributed by atoms with E-state index in [-0.39, 0.29) is 25.7 Å². The Kier molecular flexibility index (Phi) is 10.0. The number of carboxylic acid groups (broad SMARTS) is 1. The van der Waals surface area contributed by atoms with Gasteiger partial charge in [0.15, 0.2) is 0 Å². The average molecular weight is 650 g/mol. The molecular formula is C28H23ClF3N5O6S. The molecule has 3 aromatic heterocycles. The van der Waals surface area contributed by atoms with Crippen molar-refractivity contribution in [2.75, 3.05) is 18.9 Å². The lowest BCUT2D eigenvalue weighted by Gasteiger charge is -2.11. The number of anilines is 1. The van der Waals surface area contributed by atoms with E-state index >= 15 is 0 Å². The van der Waals surface area contributed by atoms with Gasteiger partial charge in [-0.3, -0.25) is 4.79 Å². The molecular weight excluding hydrogens is 627 g/mol. The Balaban J connectivity index is 0.000000566. The number of pyridine rings is 1. The van der Waals surface area contributed by atoms with Gasteiger partial charge in [0, 0.05) is 39.8 Å². The van der Waals surface area contributed by atoms with Gasteiger partial charge < -0.3 is 30.4 Å². The van der Waals surface area contributed by atoms with Crippen molar-refractivity contribution in [1.82, 2.24) is 20.5 Å². The van der Waals surface area contributed by atoms with Crippen molar-refractivity contribution in [3.05, 3.63) is 75.8 Å². The zero-order valence-electron chi connectivity index (χ0n) is 22.7. The van der Waals surface area contributed by atoms with Crippen LogP contribution in [0.5, 0.6) is 5.75 Å².